The molecule has 1 fully saturated rings. The van der Waals surface area contributed by atoms with Gasteiger partial charge < -0.3 is 19.7 Å². The van der Waals surface area contributed by atoms with Gasteiger partial charge in [-0.05, 0) is 31.2 Å². The fourth-order valence-corrected chi connectivity index (χ4v) is 4.65. The van der Waals surface area contributed by atoms with Gasteiger partial charge in [0.15, 0.2) is 18.2 Å². The number of carbonyl (C=O) groups is 5. The van der Waals surface area contributed by atoms with E-state index >= 15 is 0 Å². The zero-order valence-corrected chi connectivity index (χ0v) is 21.6. The van der Waals surface area contributed by atoms with Gasteiger partial charge in [0.2, 0.25) is 5.91 Å². The number of likely N-dealkylation sites (tertiary alicyclic amines) is 1. The van der Waals surface area contributed by atoms with Crippen molar-refractivity contribution in [2.45, 2.75) is 51.6 Å². The minimum Gasteiger partial charge on any atom is -0.456 e. The molecule has 1 aliphatic carbocycles. The van der Waals surface area contributed by atoms with E-state index in [-0.39, 0.29) is 17.6 Å². The molecule has 0 aromatic heterocycles. The SMILES string of the molecule is COC(=O)N[C@H](C(=O)N1CCC[C@H]1C(=O)OCC(=O)C1(C(C)=O)C=CC(c2ccccc2)C=C1)C(C)C. The average molecular weight is 511 g/mol. The van der Waals surface area contributed by atoms with Crippen LogP contribution in [0.3, 0.4) is 0 Å². The maximum Gasteiger partial charge on any atom is 0.407 e. The summed E-state index contributed by atoms with van der Waals surface area (Å²) in [6, 6.07) is 7.91. The number of hydrogen-bond acceptors (Lipinski definition) is 7. The number of Topliss-reactive ketones (excluding diaryl/α,β-unsaturated/α-hetero) is 2. The number of hydrogen-bond donors (Lipinski definition) is 1. The lowest BCUT2D eigenvalue weighted by Crippen LogP contribution is -2.54. The van der Waals surface area contributed by atoms with Crippen molar-refractivity contribution in [3.05, 3.63) is 60.2 Å². The fourth-order valence-electron chi connectivity index (χ4n) is 4.65. The summed E-state index contributed by atoms with van der Waals surface area (Å²) in [6.45, 7) is 4.59. The second-order valence-corrected chi connectivity index (χ2v) is 9.66. The van der Waals surface area contributed by atoms with E-state index in [0.717, 1.165) is 5.56 Å². The standard InChI is InChI=1S/C28H34N2O7/c1-18(2)24(29-27(35)36-4)25(33)30-16-8-11-22(30)26(34)37-17-23(32)28(19(3)31)14-12-21(13-15-28)20-9-6-5-7-10-20/h5-7,9-10,12-15,18,21-22,24H,8,11,16-17H2,1-4H3,(H,29,35)/t21?,22-,24-,28?/m0/s1. The Labute approximate surface area is 216 Å². The van der Waals surface area contributed by atoms with E-state index < -0.39 is 47.9 Å². The Morgan fingerprint density at radius 3 is 2.30 bits per heavy atom. The number of methoxy groups -OCH3 is 1. The second-order valence-electron chi connectivity index (χ2n) is 9.66. The number of nitrogens with zero attached hydrogens (tertiary/aromatic N) is 1. The van der Waals surface area contributed by atoms with Crippen molar-refractivity contribution in [1.82, 2.24) is 10.2 Å². The number of ether oxygens (including phenoxy) is 2. The number of ketones is 2. The zero-order valence-electron chi connectivity index (χ0n) is 21.6. The Morgan fingerprint density at radius 1 is 1.08 bits per heavy atom. The molecule has 0 radical (unpaired) electrons. The predicted molar refractivity (Wildman–Crippen MR) is 135 cm³/mol. The number of allylic oxidation sites excluding steroid dienone is 4. The minimum absolute atomic E-state index is 0.0745. The summed E-state index contributed by atoms with van der Waals surface area (Å²) in [4.78, 5) is 64.8. The largest absolute Gasteiger partial charge is 0.456 e. The van der Waals surface area contributed by atoms with Gasteiger partial charge in [0.05, 0.1) is 7.11 Å². The molecule has 1 aromatic carbocycles. The van der Waals surface area contributed by atoms with Crippen molar-refractivity contribution in [3.63, 3.8) is 0 Å². The Balaban J connectivity index is 1.67. The molecule has 3 rings (SSSR count). The van der Waals surface area contributed by atoms with Crippen LogP contribution in [-0.2, 0) is 28.7 Å². The summed E-state index contributed by atoms with van der Waals surface area (Å²) in [6.07, 6.45) is 6.95. The molecule has 0 saturated carbocycles. The lowest BCUT2D eigenvalue weighted by molar-refractivity contribution is -0.157. The van der Waals surface area contributed by atoms with Crippen LogP contribution in [0.5, 0.6) is 0 Å². The highest BCUT2D eigenvalue weighted by atomic mass is 16.5. The first-order valence-corrected chi connectivity index (χ1v) is 12.4. The lowest BCUT2D eigenvalue weighted by atomic mass is 9.74. The molecule has 2 atom stereocenters. The van der Waals surface area contributed by atoms with Crippen molar-refractivity contribution >= 4 is 29.5 Å². The van der Waals surface area contributed by atoms with Gasteiger partial charge in [0, 0.05) is 12.5 Å². The van der Waals surface area contributed by atoms with Gasteiger partial charge in [-0.1, -0.05) is 68.5 Å². The molecule has 0 bridgehead atoms. The Morgan fingerprint density at radius 2 is 1.73 bits per heavy atom. The van der Waals surface area contributed by atoms with Crippen molar-refractivity contribution in [2.24, 2.45) is 11.3 Å². The topological polar surface area (TPSA) is 119 Å². The smallest absolute Gasteiger partial charge is 0.407 e. The van der Waals surface area contributed by atoms with E-state index in [1.165, 1.54) is 18.9 Å². The summed E-state index contributed by atoms with van der Waals surface area (Å²) in [5.74, 6) is -2.39. The normalized spacial score (nSPS) is 23.4. The van der Waals surface area contributed by atoms with Gasteiger partial charge in [-0.3, -0.25) is 14.4 Å². The molecular formula is C28H34N2O7. The molecular weight excluding hydrogens is 476 g/mol. The van der Waals surface area contributed by atoms with Crippen molar-refractivity contribution < 1.29 is 33.4 Å². The molecule has 1 aliphatic heterocycles. The molecule has 2 aliphatic rings. The molecule has 2 amide bonds. The summed E-state index contributed by atoms with van der Waals surface area (Å²) in [5, 5.41) is 2.52. The van der Waals surface area contributed by atoms with Crippen LogP contribution >= 0.6 is 0 Å². The maximum absolute atomic E-state index is 13.1. The van der Waals surface area contributed by atoms with Crippen molar-refractivity contribution in [3.8, 4) is 0 Å². The highest BCUT2D eigenvalue weighted by molar-refractivity contribution is 6.11. The van der Waals surface area contributed by atoms with E-state index in [1.807, 2.05) is 30.3 Å². The van der Waals surface area contributed by atoms with Gasteiger partial charge in [-0.2, -0.15) is 0 Å². The van der Waals surface area contributed by atoms with Crippen LogP contribution in [0.1, 0.15) is 45.1 Å². The monoisotopic (exact) mass is 510 g/mol. The quantitative estimate of drug-likeness (QED) is 0.308. The third-order valence-electron chi connectivity index (χ3n) is 6.91. The minimum atomic E-state index is -1.51. The summed E-state index contributed by atoms with van der Waals surface area (Å²) < 4.78 is 9.95. The Bertz CT molecular complexity index is 1080. The molecule has 1 saturated heterocycles. The van der Waals surface area contributed by atoms with Gasteiger partial charge >= 0.3 is 12.1 Å². The third kappa shape index (κ3) is 6.15. The van der Waals surface area contributed by atoms with Crippen LogP contribution in [-0.4, -0.2) is 66.8 Å². The van der Waals surface area contributed by atoms with Crippen LogP contribution in [0.15, 0.2) is 54.6 Å². The van der Waals surface area contributed by atoms with Gasteiger partial charge in [0.1, 0.15) is 17.5 Å². The second kappa shape index (κ2) is 12.0. The molecule has 1 aromatic rings. The number of nitrogens with one attached hydrogen (secondary N) is 1. The van der Waals surface area contributed by atoms with Crippen LogP contribution in [0.2, 0.25) is 0 Å². The highest BCUT2D eigenvalue weighted by Crippen LogP contribution is 2.34. The molecule has 0 spiro atoms. The first-order chi connectivity index (χ1) is 17.6. The zero-order chi connectivity index (χ0) is 27.2. The predicted octanol–water partition coefficient (Wildman–Crippen LogP) is 2.96. The summed E-state index contributed by atoms with van der Waals surface area (Å²) >= 11 is 0. The van der Waals surface area contributed by atoms with Crippen LogP contribution < -0.4 is 5.32 Å². The van der Waals surface area contributed by atoms with Crippen LogP contribution in [0, 0.1) is 11.3 Å². The Kier molecular flexibility index (Phi) is 9.02. The molecule has 198 valence electrons. The maximum atomic E-state index is 13.1. The van der Waals surface area contributed by atoms with Crippen LogP contribution in [0.4, 0.5) is 4.79 Å². The van der Waals surface area contributed by atoms with E-state index in [4.69, 9.17) is 4.74 Å². The van der Waals surface area contributed by atoms with E-state index in [0.29, 0.717) is 19.4 Å². The molecule has 1 N–H and O–H groups in total. The number of benzene rings is 1. The van der Waals surface area contributed by atoms with Crippen molar-refractivity contribution in [2.75, 3.05) is 20.3 Å². The molecule has 0 unspecified atom stereocenters. The van der Waals surface area contributed by atoms with Crippen LogP contribution in [0.25, 0.3) is 0 Å². The number of alkyl carbamates (subject to hydrolysis) is 1. The van der Waals surface area contributed by atoms with Gasteiger partial charge in [0.25, 0.3) is 0 Å². The molecule has 9 heteroatoms. The first kappa shape index (κ1) is 27.8. The number of rotatable bonds is 9. The Hall–Kier alpha value is -3.75. The highest BCUT2D eigenvalue weighted by Gasteiger charge is 2.43. The fraction of sp³-hybridized carbons (Fsp3) is 0.464. The molecule has 9 nitrogen and oxygen atoms in total. The van der Waals surface area contributed by atoms with Gasteiger partial charge in [-0.15, -0.1) is 0 Å². The van der Waals surface area contributed by atoms with E-state index in [9.17, 15) is 24.0 Å². The van der Waals surface area contributed by atoms with E-state index in [1.54, 1.807) is 38.2 Å². The number of esters is 1. The average Bonchev–Trinajstić information content (AvgIpc) is 3.40. The third-order valence-corrected chi connectivity index (χ3v) is 6.91. The van der Waals surface area contributed by atoms with Gasteiger partial charge in [-0.25, -0.2) is 9.59 Å². The van der Waals surface area contributed by atoms with E-state index in [2.05, 4.69) is 10.1 Å². The number of carbonyl (C=O) groups excluding carboxylic acids is 5. The summed E-state index contributed by atoms with van der Waals surface area (Å²) in [5.41, 5.74) is -0.484. The molecule has 1 heterocycles. The number of amides is 2. The summed E-state index contributed by atoms with van der Waals surface area (Å²) in [7, 11) is 1.20. The first-order valence-electron chi connectivity index (χ1n) is 12.4. The lowest BCUT2D eigenvalue weighted by Gasteiger charge is -2.30. The van der Waals surface area contributed by atoms with Crippen molar-refractivity contribution in [1.29, 1.82) is 0 Å². The molecule has 37 heavy (non-hydrogen) atoms.